The zero-order chi connectivity index (χ0) is 12.3. The number of thiol groups is 1. The van der Waals surface area contributed by atoms with Gasteiger partial charge in [-0.25, -0.2) is 4.79 Å². The van der Waals surface area contributed by atoms with Crippen molar-refractivity contribution >= 4 is 35.1 Å². The van der Waals surface area contributed by atoms with Crippen molar-refractivity contribution in [1.82, 2.24) is 0 Å². The Kier molecular flexibility index (Phi) is 3.54. The Bertz CT molecular complexity index is 536. The van der Waals surface area contributed by atoms with Crippen LogP contribution in [-0.4, -0.2) is 22.9 Å². The molecule has 2 aromatic rings. The van der Waals surface area contributed by atoms with Gasteiger partial charge in [0.25, 0.3) is 0 Å². The van der Waals surface area contributed by atoms with E-state index in [9.17, 15) is 4.79 Å². The molecule has 17 heavy (non-hydrogen) atoms. The van der Waals surface area contributed by atoms with Crippen LogP contribution in [0.1, 0.15) is 0 Å². The molecule has 0 saturated heterocycles. The van der Waals surface area contributed by atoms with Crippen molar-refractivity contribution < 1.29 is 9.90 Å². The van der Waals surface area contributed by atoms with Gasteiger partial charge >= 0.3 is 5.97 Å². The third-order valence-electron chi connectivity index (χ3n) is 2.60. The highest BCUT2D eigenvalue weighted by atomic mass is 32.1. The number of hydrogen-bond acceptors (Lipinski definition) is 3. The van der Waals surface area contributed by atoms with Crippen LogP contribution in [0, 0.1) is 0 Å². The molecule has 0 aliphatic carbocycles. The second-order valence-electron chi connectivity index (χ2n) is 3.74. The summed E-state index contributed by atoms with van der Waals surface area (Å²) in [5.74, 6) is -0.647. The van der Waals surface area contributed by atoms with E-state index in [2.05, 4.69) is 17.9 Å². The van der Waals surface area contributed by atoms with E-state index in [4.69, 9.17) is 5.11 Å². The van der Waals surface area contributed by atoms with Crippen molar-refractivity contribution in [2.24, 2.45) is 0 Å². The van der Waals surface area contributed by atoms with Crippen LogP contribution in [0.25, 0.3) is 10.8 Å². The van der Waals surface area contributed by atoms with Gasteiger partial charge in [0, 0.05) is 16.8 Å². The molecule has 0 fully saturated rings. The molecule has 0 radical (unpaired) electrons. The summed E-state index contributed by atoms with van der Waals surface area (Å²) in [7, 11) is 0. The quantitative estimate of drug-likeness (QED) is 0.728. The summed E-state index contributed by atoms with van der Waals surface area (Å²) in [5, 5.41) is 14.1. The van der Waals surface area contributed by atoms with Gasteiger partial charge in [0.2, 0.25) is 0 Å². The number of benzene rings is 2. The minimum Gasteiger partial charge on any atom is -0.480 e. The fourth-order valence-corrected chi connectivity index (χ4v) is 1.97. The molecule has 0 heterocycles. The average Bonchev–Trinajstić information content (AvgIpc) is 2.35. The number of fused-ring (bicyclic) bond motifs is 1. The lowest BCUT2D eigenvalue weighted by Gasteiger charge is -2.15. The Morgan fingerprint density at radius 3 is 2.65 bits per heavy atom. The third kappa shape index (κ3) is 2.53. The summed E-state index contributed by atoms with van der Waals surface area (Å²) in [5.41, 5.74) is 0.824. The molecule has 0 amide bonds. The van der Waals surface area contributed by atoms with Crippen LogP contribution in [0.2, 0.25) is 0 Å². The van der Waals surface area contributed by atoms with Crippen molar-refractivity contribution in [2.75, 3.05) is 11.1 Å². The van der Waals surface area contributed by atoms with Crippen LogP contribution in [0.3, 0.4) is 0 Å². The number of carboxylic acid groups (broad SMARTS) is 1. The number of carbonyl (C=O) groups is 1. The van der Waals surface area contributed by atoms with E-state index in [1.807, 2.05) is 42.5 Å². The van der Waals surface area contributed by atoms with Gasteiger partial charge in [0.05, 0.1) is 0 Å². The number of hydrogen-bond donors (Lipinski definition) is 3. The first kappa shape index (κ1) is 11.8. The normalized spacial score (nSPS) is 12.3. The van der Waals surface area contributed by atoms with Crippen LogP contribution >= 0.6 is 12.6 Å². The number of nitrogens with one attached hydrogen (secondary N) is 1. The molecule has 1 unspecified atom stereocenters. The molecule has 0 saturated carbocycles. The summed E-state index contributed by atoms with van der Waals surface area (Å²) >= 11 is 4.04. The number of aliphatic carboxylic acids is 1. The fourth-order valence-electron chi connectivity index (χ4n) is 1.72. The maximum Gasteiger partial charge on any atom is 0.326 e. The molecule has 0 aliphatic rings. The number of rotatable bonds is 4. The Morgan fingerprint density at radius 1 is 1.24 bits per heavy atom. The smallest absolute Gasteiger partial charge is 0.326 e. The third-order valence-corrected chi connectivity index (χ3v) is 2.97. The van der Waals surface area contributed by atoms with Gasteiger partial charge in [-0.1, -0.05) is 36.4 Å². The molecule has 4 heteroatoms. The Labute approximate surface area is 105 Å². The van der Waals surface area contributed by atoms with Gasteiger partial charge in [0.15, 0.2) is 0 Å². The molecule has 88 valence electrons. The van der Waals surface area contributed by atoms with E-state index < -0.39 is 12.0 Å². The highest BCUT2D eigenvalue weighted by molar-refractivity contribution is 7.80. The van der Waals surface area contributed by atoms with Gasteiger partial charge < -0.3 is 10.4 Å². The highest BCUT2D eigenvalue weighted by Crippen LogP contribution is 2.23. The van der Waals surface area contributed by atoms with Crippen molar-refractivity contribution in [2.45, 2.75) is 6.04 Å². The topological polar surface area (TPSA) is 49.3 Å². The van der Waals surface area contributed by atoms with Crippen LogP contribution in [0.4, 0.5) is 5.69 Å². The predicted octanol–water partition coefficient (Wildman–Crippen LogP) is 2.63. The molecular weight excluding hydrogens is 234 g/mol. The Hall–Kier alpha value is -1.68. The number of anilines is 1. The molecule has 2 aromatic carbocycles. The lowest BCUT2D eigenvalue weighted by molar-refractivity contribution is -0.137. The van der Waals surface area contributed by atoms with Crippen molar-refractivity contribution in [1.29, 1.82) is 0 Å². The minimum atomic E-state index is -0.895. The summed E-state index contributed by atoms with van der Waals surface area (Å²) in [4.78, 5) is 11.0. The average molecular weight is 247 g/mol. The first-order valence-corrected chi connectivity index (χ1v) is 5.93. The monoisotopic (exact) mass is 247 g/mol. The molecule has 3 nitrogen and oxygen atoms in total. The van der Waals surface area contributed by atoms with Crippen LogP contribution in [0.15, 0.2) is 42.5 Å². The maximum atomic E-state index is 11.0. The number of carboxylic acids is 1. The summed E-state index contributed by atoms with van der Waals surface area (Å²) in [6, 6.07) is 13.0. The van der Waals surface area contributed by atoms with Crippen molar-refractivity contribution in [3.63, 3.8) is 0 Å². The lowest BCUT2D eigenvalue weighted by Crippen LogP contribution is -2.30. The zero-order valence-corrected chi connectivity index (χ0v) is 10.0. The van der Waals surface area contributed by atoms with E-state index >= 15 is 0 Å². The van der Waals surface area contributed by atoms with Crippen molar-refractivity contribution in [3.8, 4) is 0 Å². The van der Waals surface area contributed by atoms with E-state index in [-0.39, 0.29) is 5.75 Å². The van der Waals surface area contributed by atoms with E-state index in [0.29, 0.717) is 0 Å². The highest BCUT2D eigenvalue weighted by Gasteiger charge is 2.15. The van der Waals surface area contributed by atoms with E-state index in [1.165, 1.54) is 0 Å². The van der Waals surface area contributed by atoms with Crippen LogP contribution < -0.4 is 5.32 Å². The first-order valence-electron chi connectivity index (χ1n) is 5.30. The fraction of sp³-hybridized carbons (Fsp3) is 0.154. The molecular formula is C13H13NO2S. The second-order valence-corrected chi connectivity index (χ2v) is 4.11. The van der Waals surface area contributed by atoms with Crippen LogP contribution in [0.5, 0.6) is 0 Å². The standard InChI is InChI=1S/C13H13NO2S/c15-13(16)12(8-17)14-11-7-3-5-9-4-1-2-6-10(9)11/h1-7,12,14,17H,8H2,(H,15,16). The van der Waals surface area contributed by atoms with Gasteiger partial charge in [0.1, 0.15) is 6.04 Å². The Balaban J connectivity index is 2.38. The van der Waals surface area contributed by atoms with E-state index in [0.717, 1.165) is 16.5 Å². The molecule has 1 atom stereocenters. The second kappa shape index (κ2) is 5.10. The van der Waals surface area contributed by atoms with Crippen LogP contribution in [-0.2, 0) is 4.79 Å². The lowest BCUT2D eigenvalue weighted by atomic mass is 10.1. The first-order chi connectivity index (χ1) is 8.22. The Morgan fingerprint density at radius 2 is 1.94 bits per heavy atom. The van der Waals surface area contributed by atoms with Crippen molar-refractivity contribution in [3.05, 3.63) is 42.5 Å². The summed E-state index contributed by atoms with van der Waals surface area (Å²) < 4.78 is 0. The van der Waals surface area contributed by atoms with Gasteiger partial charge in [-0.2, -0.15) is 12.6 Å². The maximum absolute atomic E-state index is 11.0. The van der Waals surface area contributed by atoms with Gasteiger partial charge in [-0.15, -0.1) is 0 Å². The predicted molar refractivity (Wildman–Crippen MR) is 72.8 cm³/mol. The van der Waals surface area contributed by atoms with Gasteiger partial charge in [-0.05, 0) is 11.5 Å². The molecule has 0 bridgehead atoms. The molecule has 2 rings (SSSR count). The SMILES string of the molecule is O=C(O)C(CS)Nc1cccc2ccccc12. The molecule has 0 aromatic heterocycles. The summed E-state index contributed by atoms with van der Waals surface area (Å²) in [6.07, 6.45) is 0. The minimum absolute atomic E-state index is 0.249. The zero-order valence-electron chi connectivity index (χ0n) is 9.13. The van der Waals surface area contributed by atoms with E-state index in [1.54, 1.807) is 0 Å². The molecule has 0 aliphatic heterocycles. The molecule has 2 N–H and O–H groups in total. The largest absolute Gasteiger partial charge is 0.480 e. The summed E-state index contributed by atoms with van der Waals surface area (Å²) in [6.45, 7) is 0. The van der Waals surface area contributed by atoms with Gasteiger partial charge in [-0.3, -0.25) is 0 Å². The molecule has 0 spiro atoms.